The van der Waals surface area contributed by atoms with Gasteiger partial charge in [-0.05, 0) is 43.0 Å². The number of hydrogen-bond donors (Lipinski definition) is 1. The van der Waals surface area contributed by atoms with Crippen molar-refractivity contribution in [2.75, 3.05) is 13.7 Å². The first kappa shape index (κ1) is 18.0. The minimum absolute atomic E-state index is 0.0431. The number of methoxy groups -OCH3 is 1. The third-order valence-electron chi connectivity index (χ3n) is 3.81. The lowest BCUT2D eigenvalue weighted by Crippen LogP contribution is -2.28. The molecule has 1 aliphatic rings. The van der Waals surface area contributed by atoms with Crippen LogP contribution in [0.25, 0.3) is 6.08 Å². The van der Waals surface area contributed by atoms with Gasteiger partial charge in [-0.25, -0.2) is 9.38 Å². The van der Waals surface area contributed by atoms with Crippen LogP contribution >= 0.6 is 11.8 Å². The highest BCUT2D eigenvalue weighted by Gasteiger charge is 2.32. The van der Waals surface area contributed by atoms with Crippen LogP contribution < -0.4 is 4.74 Å². The van der Waals surface area contributed by atoms with Gasteiger partial charge in [0, 0.05) is 12.1 Å². The number of aliphatic imine (C=N–C) groups is 1. The van der Waals surface area contributed by atoms with E-state index in [4.69, 9.17) is 4.74 Å². The van der Waals surface area contributed by atoms with Gasteiger partial charge in [-0.3, -0.25) is 9.69 Å². The Bertz CT molecular complexity index is 911. The van der Waals surface area contributed by atoms with E-state index in [-0.39, 0.29) is 17.3 Å². The number of likely N-dealkylation sites (N-methyl/N-ethyl adjacent to an activating group) is 1. The summed E-state index contributed by atoms with van der Waals surface area (Å²) in [6.45, 7) is 2.22. The highest BCUT2D eigenvalue weighted by atomic mass is 32.2. The average Bonchev–Trinajstić information content (AvgIpc) is 2.93. The number of nitrogens with zero attached hydrogens (tertiary/aromatic N) is 2. The standard InChI is InChI=1S/C19H17FN2O3S/c1-3-22-18(24)16(11-12-7-6-10-15(25-2)17(12)23)26-19(22)21-14-9-5-4-8-13(14)20/h4-11,23H,3H2,1-2H3/b16-11+,21-19?. The molecule has 0 spiro atoms. The number of thioether (sulfide) groups is 1. The maximum Gasteiger partial charge on any atom is 0.266 e. The van der Waals surface area contributed by atoms with Crippen LogP contribution in [0, 0.1) is 5.82 Å². The first-order chi connectivity index (χ1) is 12.5. The Labute approximate surface area is 154 Å². The molecule has 3 rings (SSSR count). The Balaban J connectivity index is 1.99. The van der Waals surface area contributed by atoms with E-state index in [1.165, 1.54) is 18.1 Å². The van der Waals surface area contributed by atoms with Gasteiger partial charge < -0.3 is 9.84 Å². The number of amidine groups is 1. The SMILES string of the molecule is CCN1C(=O)/C(=C\c2cccc(OC)c2O)SC1=Nc1ccccc1F. The van der Waals surface area contributed by atoms with Crippen LogP contribution in [0.1, 0.15) is 12.5 Å². The summed E-state index contributed by atoms with van der Waals surface area (Å²) in [5.74, 6) is -0.414. The molecular weight excluding hydrogens is 355 g/mol. The number of benzene rings is 2. The van der Waals surface area contributed by atoms with Gasteiger partial charge in [-0.1, -0.05) is 24.3 Å². The van der Waals surface area contributed by atoms with Crippen LogP contribution in [0.3, 0.4) is 0 Å². The molecule has 0 bridgehead atoms. The van der Waals surface area contributed by atoms with Crippen molar-refractivity contribution in [3.05, 3.63) is 58.8 Å². The lowest BCUT2D eigenvalue weighted by molar-refractivity contribution is -0.122. The number of carbonyl (C=O) groups excluding carboxylic acids is 1. The molecule has 1 heterocycles. The lowest BCUT2D eigenvalue weighted by Gasteiger charge is -2.12. The van der Waals surface area contributed by atoms with Gasteiger partial charge in [0.1, 0.15) is 11.5 Å². The number of rotatable bonds is 4. The van der Waals surface area contributed by atoms with Crippen LogP contribution in [0.15, 0.2) is 52.4 Å². The second-order valence-corrected chi connectivity index (χ2v) is 6.41. The first-order valence-corrected chi connectivity index (χ1v) is 8.77. The van der Waals surface area contributed by atoms with Crippen molar-refractivity contribution in [3.8, 4) is 11.5 Å². The molecule has 0 aromatic heterocycles. The number of aromatic hydroxyl groups is 1. The number of halogens is 1. The minimum atomic E-state index is -0.452. The summed E-state index contributed by atoms with van der Waals surface area (Å²) in [5, 5.41) is 10.6. The van der Waals surface area contributed by atoms with E-state index in [9.17, 15) is 14.3 Å². The average molecular weight is 372 g/mol. The summed E-state index contributed by atoms with van der Waals surface area (Å²) in [5.41, 5.74) is 0.634. The Hall–Kier alpha value is -2.80. The Morgan fingerprint density at radius 3 is 2.73 bits per heavy atom. The second-order valence-electron chi connectivity index (χ2n) is 5.40. The molecule has 7 heteroatoms. The number of ether oxygens (including phenoxy) is 1. The summed E-state index contributed by atoms with van der Waals surface area (Å²) in [7, 11) is 1.46. The molecule has 1 fully saturated rings. The third kappa shape index (κ3) is 3.43. The molecule has 1 amide bonds. The van der Waals surface area contributed by atoms with Gasteiger partial charge in [0.25, 0.3) is 5.91 Å². The Kier molecular flexibility index (Phi) is 5.27. The molecule has 0 aliphatic carbocycles. The Morgan fingerprint density at radius 1 is 1.27 bits per heavy atom. The van der Waals surface area contributed by atoms with Crippen LogP contribution in [-0.4, -0.2) is 34.7 Å². The number of hydrogen-bond acceptors (Lipinski definition) is 5. The lowest BCUT2D eigenvalue weighted by atomic mass is 10.1. The number of para-hydroxylation sites is 2. The fraction of sp³-hybridized carbons (Fsp3) is 0.158. The molecule has 134 valence electrons. The summed E-state index contributed by atoms with van der Waals surface area (Å²) in [6.07, 6.45) is 1.58. The van der Waals surface area contributed by atoms with Crippen molar-refractivity contribution in [1.29, 1.82) is 0 Å². The van der Waals surface area contributed by atoms with Gasteiger partial charge in [0.05, 0.1) is 12.0 Å². The van der Waals surface area contributed by atoms with Crippen LogP contribution in [0.5, 0.6) is 11.5 Å². The molecule has 1 N–H and O–H groups in total. The molecule has 2 aromatic carbocycles. The number of phenols is 1. The van der Waals surface area contributed by atoms with E-state index < -0.39 is 5.82 Å². The van der Waals surface area contributed by atoms with E-state index in [1.54, 1.807) is 42.5 Å². The summed E-state index contributed by atoms with van der Waals surface area (Å²) >= 11 is 1.14. The van der Waals surface area contributed by atoms with Crippen molar-refractivity contribution in [2.24, 2.45) is 4.99 Å². The van der Waals surface area contributed by atoms with E-state index >= 15 is 0 Å². The quantitative estimate of drug-likeness (QED) is 0.819. The van der Waals surface area contributed by atoms with Crippen molar-refractivity contribution in [3.63, 3.8) is 0 Å². The number of amides is 1. The fourth-order valence-corrected chi connectivity index (χ4v) is 3.52. The number of carbonyl (C=O) groups is 1. The van der Waals surface area contributed by atoms with E-state index in [0.717, 1.165) is 11.8 Å². The van der Waals surface area contributed by atoms with Crippen molar-refractivity contribution >= 4 is 34.6 Å². The largest absolute Gasteiger partial charge is 0.504 e. The molecule has 2 aromatic rings. The molecule has 0 unspecified atom stereocenters. The topological polar surface area (TPSA) is 62.1 Å². The third-order valence-corrected chi connectivity index (χ3v) is 4.82. The molecular formula is C19H17FN2O3S. The molecule has 1 saturated heterocycles. The molecule has 0 radical (unpaired) electrons. The van der Waals surface area contributed by atoms with Crippen LogP contribution in [-0.2, 0) is 4.79 Å². The highest BCUT2D eigenvalue weighted by Crippen LogP contribution is 2.37. The summed E-state index contributed by atoms with van der Waals surface area (Å²) < 4.78 is 19.0. The van der Waals surface area contributed by atoms with Crippen LogP contribution in [0.2, 0.25) is 0 Å². The monoisotopic (exact) mass is 372 g/mol. The predicted molar refractivity (Wildman–Crippen MR) is 101 cm³/mol. The van der Waals surface area contributed by atoms with Crippen LogP contribution in [0.4, 0.5) is 10.1 Å². The normalized spacial score (nSPS) is 17.3. The molecule has 0 saturated carbocycles. The summed E-state index contributed by atoms with van der Waals surface area (Å²) in [4.78, 5) is 18.8. The van der Waals surface area contributed by atoms with Gasteiger partial charge >= 0.3 is 0 Å². The van der Waals surface area contributed by atoms with Crippen molar-refractivity contribution < 1.29 is 19.0 Å². The summed E-state index contributed by atoms with van der Waals surface area (Å²) in [6, 6.07) is 11.2. The zero-order valence-corrected chi connectivity index (χ0v) is 15.1. The molecule has 1 aliphatic heterocycles. The predicted octanol–water partition coefficient (Wildman–Crippen LogP) is 4.16. The zero-order valence-electron chi connectivity index (χ0n) is 14.3. The van der Waals surface area contributed by atoms with E-state index in [2.05, 4.69) is 4.99 Å². The minimum Gasteiger partial charge on any atom is -0.504 e. The number of phenolic OH excluding ortho intramolecular Hbond substituents is 1. The van der Waals surface area contributed by atoms with Crippen molar-refractivity contribution in [2.45, 2.75) is 6.92 Å². The molecule has 5 nitrogen and oxygen atoms in total. The molecule has 26 heavy (non-hydrogen) atoms. The maximum atomic E-state index is 13.9. The van der Waals surface area contributed by atoms with E-state index in [1.807, 2.05) is 6.92 Å². The van der Waals surface area contributed by atoms with Gasteiger partial charge in [0.2, 0.25) is 0 Å². The zero-order chi connectivity index (χ0) is 18.7. The second kappa shape index (κ2) is 7.61. The Morgan fingerprint density at radius 2 is 2.04 bits per heavy atom. The highest BCUT2D eigenvalue weighted by molar-refractivity contribution is 8.18. The van der Waals surface area contributed by atoms with Gasteiger partial charge in [0.15, 0.2) is 16.7 Å². The maximum absolute atomic E-state index is 13.9. The van der Waals surface area contributed by atoms with Gasteiger partial charge in [-0.15, -0.1) is 0 Å². The van der Waals surface area contributed by atoms with Gasteiger partial charge in [-0.2, -0.15) is 0 Å². The smallest absolute Gasteiger partial charge is 0.266 e. The van der Waals surface area contributed by atoms with Crippen molar-refractivity contribution in [1.82, 2.24) is 4.90 Å². The van der Waals surface area contributed by atoms with E-state index in [0.29, 0.717) is 27.9 Å². The molecule has 0 atom stereocenters. The fourth-order valence-electron chi connectivity index (χ4n) is 2.48. The first-order valence-electron chi connectivity index (χ1n) is 7.95.